The predicted octanol–water partition coefficient (Wildman–Crippen LogP) is 2.65. The Morgan fingerprint density at radius 1 is 1.39 bits per heavy atom. The van der Waals surface area contributed by atoms with Crippen molar-refractivity contribution in [2.45, 2.75) is 30.7 Å². The van der Waals surface area contributed by atoms with Crippen LogP contribution in [0.5, 0.6) is 0 Å². The van der Waals surface area contributed by atoms with Crippen LogP contribution in [0.4, 0.5) is 0 Å². The number of alkyl halides is 1. The Kier molecular flexibility index (Phi) is 5.02. The molecule has 1 aromatic carbocycles. The van der Waals surface area contributed by atoms with Crippen LogP contribution in [0.2, 0.25) is 0 Å². The fourth-order valence-corrected chi connectivity index (χ4v) is 2.27. The highest BCUT2D eigenvalue weighted by molar-refractivity contribution is 6.30. The van der Waals surface area contributed by atoms with Crippen LogP contribution in [0.1, 0.15) is 30.2 Å². The van der Waals surface area contributed by atoms with E-state index in [4.69, 9.17) is 16.3 Å². The van der Waals surface area contributed by atoms with Crippen molar-refractivity contribution in [3.05, 3.63) is 35.9 Å². The fourth-order valence-electron chi connectivity index (χ4n) is 2.05. The summed E-state index contributed by atoms with van der Waals surface area (Å²) in [6.07, 6.45) is 3.44. The van der Waals surface area contributed by atoms with Gasteiger partial charge in [-0.3, -0.25) is 4.79 Å². The van der Waals surface area contributed by atoms with E-state index in [1.807, 2.05) is 30.3 Å². The second kappa shape index (κ2) is 6.76. The quantitative estimate of drug-likeness (QED) is 0.852. The third-order valence-corrected chi connectivity index (χ3v) is 3.55. The molecule has 3 nitrogen and oxygen atoms in total. The lowest BCUT2D eigenvalue weighted by Crippen LogP contribution is -2.36. The summed E-state index contributed by atoms with van der Waals surface area (Å²) in [5.74, 6) is -0.156. The van der Waals surface area contributed by atoms with Gasteiger partial charge in [0.15, 0.2) is 0 Å². The predicted molar refractivity (Wildman–Crippen MR) is 71.6 cm³/mol. The maximum Gasteiger partial charge on any atom is 0.242 e. The van der Waals surface area contributed by atoms with Gasteiger partial charge in [-0.1, -0.05) is 30.3 Å². The molecule has 1 N–H and O–H groups in total. The van der Waals surface area contributed by atoms with Gasteiger partial charge in [-0.15, -0.1) is 11.6 Å². The molecular formula is C14H18ClNO2. The number of ether oxygens (including phenoxy) is 1. The van der Waals surface area contributed by atoms with Crippen LogP contribution in [0, 0.1) is 0 Å². The molecule has 1 amide bonds. The van der Waals surface area contributed by atoms with Gasteiger partial charge in [0, 0.05) is 13.2 Å². The highest BCUT2D eigenvalue weighted by Crippen LogP contribution is 2.20. The number of nitrogens with one attached hydrogen (secondary N) is 1. The summed E-state index contributed by atoms with van der Waals surface area (Å²) in [4.78, 5) is 11.9. The molecule has 1 aliphatic heterocycles. The van der Waals surface area contributed by atoms with E-state index in [-0.39, 0.29) is 12.0 Å². The first-order valence-electron chi connectivity index (χ1n) is 6.35. The first-order valence-corrected chi connectivity index (χ1v) is 6.79. The molecule has 2 rings (SSSR count). The molecule has 98 valence electrons. The van der Waals surface area contributed by atoms with E-state index in [0.717, 1.165) is 25.0 Å². The van der Waals surface area contributed by atoms with Crippen molar-refractivity contribution in [3.63, 3.8) is 0 Å². The van der Waals surface area contributed by atoms with E-state index in [1.165, 1.54) is 6.42 Å². The average Bonchev–Trinajstić information content (AvgIpc) is 2.46. The Morgan fingerprint density at radius 2 is 2.17 bits per heavy atom. The molecule has 4 heteroatoms. The summed E-state index contributed by atoms with van der Waals surface area (Å²) >= 11 is 6.12. The number of rotatable bonds is 4. The number of benzene rings is 1. The molecule has 0 aliphatic carbocycles. The Balaban J connectivity index is 1.80. The van der Waals surface area contributed by atoms with Gasteiger partial charge in [-0.2, -0.15) is 0 Å². The average molecular weight is 268 g/mol. The molecule has 0 bridgehead atoms. The minimum Gasteiger partial charge on any atom is -0.376 e. The maximum atomic E-state index is 11.9. The van der Waals surface area contributed by atoms with Crippen molar-refractivity contribution in [2.75, 3.05) is 13.2 Å². The Labute approximate surface area is 112 Å². The molecule has 1 fully saturated rings. The van der Waals surface area contributed by atoms with Gasteiger partial charge in [0.25, 0.3) is 0 Å². The van der Waals surface area contributed by atoms with E-state index >= 15 is 0 Å². The zero-order valence-electron chi connectivity index (χ0n) is 10.3. The van der Waals surface area contributed by atoms with E-state index < -0.39 is 5.38 Å². The number of carbonyl (C=O) groups is 1. The minimum atomic E-state index is -0.630. The number of carbonyl (C=O) groups excluding carboxylic acids is 1. The van der Waals surface area contributed by atoms with E-state index in [9.17, 15) is 4.79 Å². The van der Waals surface area contributed by atoms with Crippen molar-refractivity contribution in [1.29, 1.82) is 0 Å². The summed E-state index contributed by atoms with van der Waals surface area (Å²) in [5.41, 5.74) is 0.821. The number of hydrogen-bond donors (Lipinski definition) is 1. The Hall–Kier alpha value is -1.06. The topological polar surface area (TPSA) is 38.3 Å². The smallest absolute Gasteiger partial charge is 0.242 e. The first kappa shape index (κ1) is 13.4. The van der Waals surface area contributed by atoms with Gasteiger partial charge in [0.05, 0.1) is 6.10 Å². The highest BCUT2D eigenvalue weighted by Gasteiger charge is 2.19. The molecule has 1 aromatic rings. The minimum absolute atomic E-state index is 0.141. The summed E-state index contributed by atoms with van der Waals surface area (Å²) in [6.45, 7) is 1.35. The SMILES string of the molecule is O=C(NCC1CCCCO1)C(Cl)c1ccccc1. The molecular weight excluding hydrogens is 250 g/mol. The van der Waals surface area contributed by atoms with Crippen molar-refractivity contribution in [1.82, 2.24) is 5.32 Å². The molecule has 0 aromatic heterocycles. The molecule has 18 heavy (non-hydrogen) atoms. The van der Waals surface area contributed by atoms with Gasteiger partial charge < -0.3 is 10.1 Å². The summed E-state index contributed by atoms with van der Waals surface area (Å²) in [7, 11) is 0. The van der Waals surface area contributed by atoms with Crippen LogP contribution >= 0.6 is 11.6 Å². The normalized spacial score (nSPS) is 21.3. The third-order valence-electron chi connectivity index (χ3n) is 3.10. The maximum absolute atomic E-state index is 11.9. The summed E-state index contributed by atoms with van der Waals surface area (Å²) < 4.78 is 5.56. The van der Waals surface area contributed by atoms with Crippen LogP contribution in [0.25, 0.3) is 0 Å². The van der Waals surface area contributed by atoms with Crippen molar-refractivity contribution < 1.29 is 9.53 Å². The molecule has 1 aliphatic rings. The molecule has 1 heterocycles. The van der Waals surface area contributed by atoms with Gasteiger partial charge in [-0.05, 0) is 24.8 Å². The number of halogens is 1. The lowest BCUT2D eigenvalue weighted by molar-refractivity contribution is -0.121. The zero-order chi connectivity index (χ0) is 12.8. The molecule has 2 atom stereocenters. The van der Waals surface area contributed by atoms with Gasteiger partial charge in [0.1, 0.15) is 5.38 Å². The second-order valence-electron chi connectivity index (χ2n) is 4.51. The summed E-state index contributed by atoms with van der Waals surface area (Å²) in [6, 6.07) is 9.37. The van der Waals surface area contributed by atoms with Crippen molar-refractivity contribution in [2.24, 2.45) is 0 Å². The van der Waals surface area contributed by atoms with Crippen LogP contribution < -0.4 is 5.32 Å². The largest absolute Gasteiger partial charge is 0.376 e. The fraction of sp³-hybridized carbons (Fsp3) is 0.500. The van der Waals surface area contributed by atoms with Crippen LogP contribution in [0.15, 0.2) is 30.3 Å². The molecule has 2 unspecified atom stereocenters. The Morgan fingerprint density at radius 3 is 2.83 bits per heavy atom. The van der Waals surface area contributed by atoms with Crippen molar-refractivity contribution >= 4 is 17.5 Å². The molecule has 0 saturated carbocycles. The summed E-state index contributed by atoms with van der Waals surface area (Å²) in [5, 5.41) is 2.22. The van der Waals surface area contributed by atoms with E-state index in [1.54, 1.807) is 0 Å². The van der Waals surface area contributed by atoms with Gasteiger partial charge in [-0.25, -0.2) is 0 Å². The number of amides is 1. The van der Waals surface area contributed by atoms with Crippen LogP contribution in [0.3, 0.4) is 0 Å². The zero-order valence-corrected chi connectivity index (χ0v) is 11.0. The number of hydrogen-bond acceptors (Lipinski definition) is 2. The highest BCUT2D eigenvalue weighted by atomic mass is 35.5. The van der Waals surface area contributed by atoms with Crippen molar-refractivity contribution in [3.8, 4) is 0 Å². The standard InChI is InChI=1S/C14H18ClNO2/c15-13(11-6-2-1-3-7-11)14(17)16-10-12-8-4-5-9-18-12/h1-3,6-7,12-13H,4-5,8-10H2,(H,16,17). The van der Waals surface area contributed by atoms with Crippen LogP contribution in [-0.2, 0) is 9.53 Å². The van der Waals surface area contributed by atoms with E-state index in [0.29, 0.717) is 6.54 Å². The second-order valence-corrected chi connectivity index (χ2v) is 4.94. The lowest BCUT2D eigenvalue weighted by atomic mass is 10.1. The van der Waals surface area contributed by atoms with Gasteiger partial charge in [0.2, 0.25) is 5.91 Å². The van der Waals surface area contributed by atoms with Crippen LogP contribution in [-0.4, -0.2) is 25.2 Å². The van der Waals surface area contributed by atoms with Gasteiger partial charge >= 0.3 is 0 Å². The Bertz CT molecular complexity index is 377. The molecule has 0 radical (unpaired) electrons. The van der Waals surface area contributed by atoms with E-state index in [2.05, 4.69) is 5.32 Å². The molecule has 1 saturated heterocycles. The lowest BCUT2D eigenvalue weighted by Gasteiger charge is -2.23. The molecule has 0 spiro atoms. The third kappa shape index (κ3) is 3.72. The first-order chi connectivity index (χ1) is 8.77. The monoisotopic (exact) mass is 267 g/mol.